The maximum Gasteiger partial charge on any atom is 0.273 e. The number of benzene rings is 2. The van der Waals surface area contributed by atoms with Crippen molar-refractivity contribution in [3.63, 3.8) is 0 Å². The van der Waals surface area contributed by atoms with E-state index in [4.69, 9.17) is 0 Å². The van der Waals surface area contributed by atoms with E-state index in [-0.39, 0.29) is 35.5 Å². The van der Waals surface area contributed by atoms with Crippen molar-refractivity contribution in [1.29, 1.82) is 0 Å². The number of hydrogen-bond acceptors (Lipinski definition) is 6. The molecule has 0 radical (unpaired) electrons. The molecule has 0 saturated carbocycles. The molecule has 0 aliphatic rings. The first-order valence-corrected chi connectivity index (χ1v) is 17.0. The molecule has 0 aromatic heterocycles. The van der Waals surface area contributed by atoms with Gasteiger partial charge in [-0.1, -0.05) is 110 Å². The first kappa shape index (κ1) is 38.1. The highest BCUT2D eigenvalue weighted by atomic mass is 16.3. The Bertz CT molecular complexity index is 1210. The van der Waals surface area contributed by atoms with Crippen LogP contribution in [-0.4, -0.2) is 33.8 Å². The molecule has 10 heteroatoms. The van der Waals surface area contributed by atoms with Gasteiger partial charge in [-0.05, 0) is 61.8 Å². The molecule has 0 bridgehead atoms. The highest BCUT2D eigenvalue weighted by Crippen LogP contribution is 2.31. The van der Waals surface area contributed by atoms with Gasteiger partial charge in [0, 0.05) is 0 Å². The zero-order valence-electron chi connectivity index (χ0n) is 28.1. The van der Waals surface area contributed by atoms with Crippen LogP contribution in [0.4, 0.5) is 0 Å². The second-order valence-electron chi connectivity index (χ2n) is 12.0. The number of nitrogens with one attached hydrogen (secondary N) is 4. The molecule has 0 heterocycles. The fourth-order valence-electron chi connectivity index (χ4n) is 5.54. The number of phenolic OH excluding ortho intramolecular Hbond substituents is 2. The van der Waals surface area contributed by atoms with Gasteiger partial charge in [0.1, 0.15) is 16.9 Å². The summed E-state index contributed by atoms with van der Waals surface area (Å²) in [4.78, 5) is 53.3. The number of amides is 4. The van der Waals surface area contributed by atoms with Gasteiger partial charge < -0.3 is 10.2 Å². The zero-order valence-corrected chi connectivity index (χ0v) is 28.1. The van der Waals surface area contributed by atoms with Crippen LogP contribution in [0.1, 0.15) is 143 Å². The van der Waals surface area contributed by atoms with Gasteiger partial charge in [-0.3, -0.25) is 40.9 Å². The van der Waals surface area contributed by atoms with E-state index in [0.29, 0.717) is 30.4 Å². The molecule has 0 spiro atoms. The number of hydrogen-bond donors (Lipinski definition) is 6. The largest absolute Gasteiger partial charge is 0.507 e. The normalized spacial score (nSPS) is 11.1. The molecule has 2 aromatic rings. The summed E-state index contributed by atoms with van der Waals surface area (Å²) in [5.41, 5.74) is 9.26. The molecule has 0 fully saturated rings. The molecular formula is C36H54N4O6. The van der Waals surface area contributed by atoms with E-state index in [1.165, 1.54) is 12.1 Å². The van der Waals surface area contributed by atoms with Crippen molar-refractivity contribution in [2.24, 2.45) is 5.41 Å². The smallest absolute Gasteiger partial charge is 0.273 e. The van der Waals surface area contributed by atoms with Crippen LogP contribution in [0.2, 0.25) is 0 Å². The quantitative estimate of drug-likeness (QED) is 0.0583. The average Bonchev–Trinajstić information content (AvgIpc) is 3.05. The number of carbonyl (C=O) groups is 4. The Labute approximate surface area is 274 Å². The summed E-state index contributed by atoms with van der Waals surface area (Å²) in [5.74, 6) is -3.16. The number of aryl methyl sites for hydroxylation is 2. The summed E-state index contributed by atoms with van der Waals surface area (Å²) in [5, 5.41) is 21.4. The second-order valence-corrected chi connectivity index (χ2v) is 12.0. The lowest BCUT2D eigenvalue weighted by molar-refractivity contribution is -0.145. The Hall–Kier alpha value is -4.08. The van der Waals surface area contributed by atoms with Crippen LogP contribution in [-0.2, 0) is 22.4 Å². The second kappa shape index (κ2) is 20.1. The van der Waals surface area contributed by atoms with E-state index < -0.39 is 29.0 Å². The van der Waals surface area contributed by atoms with Gasteiger partial charge in [0.15, 0.2) is 0 Å². The molecule has 2 aromatic carbocycles. The average molecular weight is 639 g/mol. The Kier molecular flexibility index (Phi) is 16.7. The van der Waals surface area contributed by atoms with Crippen LogP contribution < -0.4 is 21.7 Å². The molecule has 10 nitrogen and oxygen atoms in total. The first-order chi connectivity index (χ1) is 22.2. The number of para-hydroxylation sites is 2. The fourth-order valence-corrected chi connectivity index (χ4v) is 5.54. The van der Waals surface area contributed by atoms with Crippen molar-refractivity contribution < 1.29 is 29.4 Å². The maximum atomic E-state index is 13.7. The number of phenols is 2. The third-order valence-corrected chi connectivity index (χ3v) is 8.59. The lowest BCUT2D eigenvalue weighted by Crippen LogP contribution is -2.58. The van der Waals surface area contributed by atoms with Crippen molar-refractivity contribution >= 4 is 23.6 Å². The number of rotatable bonds is 19. The maximum absolute atomic E-state index is 13.7. The lowest BCUT2D eigenvalue weighted by atomic mass is 9.78. The molecule has 6 N–H and O–H groups in total. The van der Waals surface area contributed by atoms with E-state index in [1.54, 1.807) is 31.2 Å². The molecule has 0 aliphatic carbocycles. The summed E-state index contributed by atoms with van der Waals surface area (Å²) in [6, 6.07) is 9.83. The number of carbonyl (C=O) groups excluding carboxylic acids is 4. The van der Waals surface area contributed by atoms with Gasteiger partial charge >= 0.3 is 0 Å². The minimum absolute atomic E-state index is 0.0180. The molecular weight excluding hydrogens is 584 g/mol. The molecule has 46 heavy (non-hydrogen) atoms. The van der Waals surface area contributed by atoms with Gasteiger partial charge in [-0.2, -0.15) is 0 Å². The SMILES string of the molecule is CCCCCCCC(CC)(C(=O)NNC(=O)c1cccc(CCCCC)c1O)C(=O)NNC(=O)c1cccc(CCCCC)c1O. The van der Waals surface area contributed by atoms with Gasteiger partial charge in [0.2, 0.25) is 0 Å². The number of hydrazine groups is 2. The number of unbranched alkanes of at least 4 members (excludes halogenated alkanes) is 8. The van der Waals surface area contributed by atoms with E-state index in [0.717, 1.165) is 64.2 Å². The Morgan fingerprint density at radius 2 is 0.978 bits per heavy atom. The van der Waals surface area contributed by atoms with E-state index in [9.17, 15) is 29.4 Å². The minimum Gasteiger partial charge on any atom is -0.507 e. The standard InChI is InChI=1S/C36H54N4O6/c1-5-9-12-13-16-25-36(8-4,34(45)39-37-32(43)28-23-17-21-26(30(28)41)19-14-10-6-2)35(46)40-38-33(44)29-24-18-22-27(31(29)42)20-15-11-7-3/h17-18,21-24,41-42H,5-16,19-20,25H2,1-4H3,(H,37,43)(H,38,44)(H,39,45)(H,40,46). The van der Waals surface area contributed by atoms with Crippen molar-refractivity contribution in [2.75, 3.05) is 0 Å². The summed E-state index contributed by atoms with van der Waals surface area (Å²) in [6.45, 7) is 7.97. The minimum atomic E-state index is -1.61. The number of aromatic hydroxyl groups is 2. The third kappa shape index (κ3) is 10.8. The molecule has 0 saturated heterocycles. The van der Waals surface area contributed by atoms with E-state index >= 15 is 0 Å². The predicted molar refractivity (Wildman–Crippen MR) is 180 cm³/mol. The van der Waals surface area contributed by atoms with E-state index in [1.807, 2.05) is 0 Å². The van der Waals surface area contributed by atoms with Crippen LogP contribution >= 0.6 is 0 Å². The summed E-state index contributed by atoms with van der Waals surface area (Å²) in [6.07, 6.45) is 11.7. The third-order valence-electron chi connectivity index (χ3n) is 8.59. The summed E-state index contributed by atoms with van der Waals surface area (Å²) in [7, 11) is 0. The van der Waals surface area contributed by atoms with Crippen LogP contribution in [0.5, 0.6) is 11.5 Å². The van der Waals surface area contributed by atoms with Gasteiger partial charge in [0.25, 0.3) is 23.6 Å². The molecule has 0 aliphatic heterocycles. The molecule has 254 valence electrons. The van der Waals surface area contributed by atoms with Crippen molar-refractivity contribution in [1.82, 2.24) is 21.7 Å². The highest BCUT2D eigenvalue weighted by molar-refractivity contribution is 6.07. The summed E-state index contributed by atoms with van der Waals surface area (Å²) < 4.78 is 0. The van der Waals surface area contributed by atoms with Gasteiger partial charge in [0.05, 0.1) is 11.1 Å². The van der Waals surface area contributed by atoms with Crippen molar-refractivity contribution in [2.45, 2.75) is 124 Å². The van der Waals surface area contributed by atoms with Gasteiger partial charge in [-0.25, -0.2) is 0 Å². The molecule has 0 atom stereocenters. The zero-order chi connectivity index (χ0) is 34.0. The summed E-state index contributed by atoms with van der Waals surface area (Å²) >= 11 is 0. The lowest BCUT2D eigenvalue weighted by Gasteiger charge is -2.30. The molecule has 4 amide bonds. The Balaban J connectivity index is 2.18. The molecule has 0 unspecified atom stereocenters. The van der Waals surface area contributed by atoms with E-state index in [2.05, 4.69) is 42.5 Å². The first-order valence-electron chi connectivity index (χ1n) is 17.0. The van der Waals surface area contributed by atoms with Crippen molar-refractivity contribution in [3.05, 3.63) is 58.7 Å². The van der Waals surface area contributed by atoms with Crippen LogP contribution in [0, 0.1) is 5.41 Å². The van der Waals surface area contributed by atoms with Gasteiger partial charge in [-0.15, -0.1) is 0 Å². The van der Waals surface area contributed by atoms with Crippen LogP contribution in [0.25, 0.3) is 0 Å². The Morgan fingerprint density at radius 3 is 1.39 bits per heavy atom. The monoisotopic (exact) mass is 638 g/mol. The fraction of sp³-hybridized carbons (Fsp3) is 0.556. The topological polar surface area (TPSA) is 157 Å². The predicted octanol–water partition coefficient (Wildman–Crippen LogP) is 6.54. The van der Waals surface area contributed by atoms with Crippen molar-refractivity contribution in [3.8, 4) is 11.5 Å². The van der Waals surface area contributed by atoms with Crippen LogP contribution in [0.3, 0.4) is 0 Å². The highest BCUT2D eigenvalue weighted by Gasteiger charge is 2.44. The molecule has 2 rings (SSSR count). The van der Waals surface area contributed by atoms with Crippen LogP contribution in [0.15, 0.2) is 36.4 Å². The Morgan fingerprint density at radius 1 is 0.565 bits per heavy atom.